The summed E-state index contributed by atoms with van der Waals surface area (Å²) in [5.41, 5.74) is -7.89. The molecule has 5 rings (SSSR count). The molecule has 0 spiro atoms. The first-order valence-electron chi connectivity index (χ1n) is 19.6. The third-order valence-corrected chi connectivity index (χ3v) is 69.7. The maximum Gasteiger partial charge on any atom is 2.00 e. The number of nitrogens with one attached hydrogen (secondary N) is 2. The van der Waals surface area contributed by atoms with Gasteiger partial charge in [0.2, 0.25) is 0 Å². The Kier molecular flexibility index (Phi) is 19.1. The van der Waals surface area contributed by atoms with Gasteiger partial charge in [0.1, 0.15) is 54.1 Å². The van der Waals surface area contributed by atoms with Crippen LogP contribution >= 0.6 is 0 Å². The van der Waals surface area contributed by atoms with E-state index in [1.807, 2.05) is 9.80 Å². The monoisotopic (exact) mass is 968 g/mol. The molecule has 2 heterocycles. The third kappa shape index (κ3) is 11.7. The number of likely N-dealkylation sites (tertiary alicyclic amines) is 2. The maximum atomic E-state index is 14.6. The number of benzene rings is 3. The van der Waals surface area contributed by atoms with Gasteiger partial charge in [-0.25, -0.2) is 65.9 Å². The zero-order valence-electron chi connectivity index (χ0n) is 36.0. The Morgan fingerprint density at radius 2 is 0.525 bits per heavy atom. The summed E-state index contributed by atoms with van der Waals surface area (Å²) >= 11 is 0. The molecular formula is C38H52BF15MgN2Si4+2. The van der Waals surface area contributed by atoms with E-state index in [1.54, 1.807) is 0 Å². The second-order valence-electron chi connectivity index (χ2n) is 18.8. The number of hydrogen-bond donors (Lipinski definition) is 2. The summed E-state index contributed by atoms with van der Waals surface area (Å²) < 4.78 is 212. The van der Waals surface area contributed by atoms with Crippen LogP contribution in [0.25, 0.3) is 0 Å². The summed E-state index contributed by atoms with van der Waals surface area (Å²) in [5.74, 6) is -45.1. The van der Waals surface area contributed by atoms with Crippen molar-refractivity contribution in [3.63, 3.8) is 0 Å². The molecule has 2 saturated heterocycles. The van der Waals surface area contributed by atoms with Crippen LogP contribution in [0.1, 0.15) is 25.7 Å². The van der Waals surface area contributed by atoms with Gasteiger partial charge in [-0.15, -0.1) is 39.2 Å². The van der Waals surface area contributed by atoms with Crippen molar-refractivity contribution in [1.82, 2.24) is 0 Å². The van der Waals surface area contributed by atoms with Crippen LogP contribution in [0.15, 0.2) is 0 Å². The predicted molar refractivity (Wildman–Crippen MR) is 220 cm³/mol. The first kappa shape index (κ1) is 55.4. The van der Waals surface area contributed by atoms with Crippen molar-refractivity contribution in [2.45, 2.75) is 91.4 Å². The molecule has 2 aliphatic heterocycles. The van der Waals surface area contributed by atoms with Gasteiger partial charge in [-0.2, -0.15) is 6.82 Å². The average Bonchev–Trinajstić information content (AvgIpc) is 3.86. The first-order chi connectivity index (χ1) is 27.3. The smallest absolute Gasteiger partial charge is 0.330 e. The molecule has 0 amide bonds. The minimum atomic E-state index is -5.41. The third-order valence-electron chi connectivity index (χ3n) is 11.2. The van der Waals surface area contributed by atoms with E-state index in [2.05, 4.69) is 58.9 Å². The van der Waals surface area contributed by atoms with Crippen LogP contribution in [0, 0.1) is 87.3 Å². The molecule has 2 fully saturated rings. The van der Waals surface area contributed by atoms with Crippen molar-refractivity contribution in [2.24, 2.45) is 0 Å². The molecule has 0 radical (unpaired) electrons. The first-order valence-corrected chi connectivity index (χ1v) is 34.6. The number of rotatable bonds is 9. The average molecular weight is 969 g/mol. The van der Waals surface area contributed by atoms with Crippen molar-refractivity contribution in [2.75, 3.05) is 39.3 Å². The fourth-order valence-corrected chi connectivity index (χ4v) is 97.5. The molecule has 2 aliphatic rings. The molecule has 0 aliphatic carbocycles. The van der Waals surface area contributed by atoms with Crippen molar-refractivity contribution in [1.29, 1.82) is 0 Å². The van der Waals surface area contributed by atoms with Gasteiger partial charge in [-0.05, 0) is 0 Å². The van der Waals surface area contributed by atoms with Crippen molar-refractivity contribution < 1.29 is 75.7 Å². The zero-order chi connectivity index (χ0) is 46.2. The molecule has 3 aromatic carbocycles. The van der Waals surface area contributed by atoms with Crippen LogP contribution in [0.2, 0.25) is 65.7 Å². The van der Waals surface area contributed by atoms with E-state index >= 15 is 0 Å². The summed E-state index contributed by atoms with van der Waals surface area (Å²) in [7, 11) is -2.47. The Balaban J connectivity index is 0.000000401. The SMILES string of the molecule is C1CC[NH+](CC[NH+]2CCCC2)C1.C[B-](c1c(F)c(F)c(F)c(F)c1F)(c1c(F)c(F)c(F)c(F)c1F)c1c(F)c(F)c(F)c(F)c1F.C[Si](C)(C)[Si-]([Si](C)(C)C)[Si](C)(C)C.[Mg+2]. The van der Waals surface area contributed by atoms with E-state index in [9.17, 15) is 65.9 Å². The van der Waals surface area contributed by atoms with E-state index in [0.29, 0.717) is 0 Å². The molecule has 23 heteroatoms. The van der Waals surface area contributed by atoms with E-state index in [-0.39, 0.29) is 37.2 Å². The predicted octanol–water partition coefficient (Wildman–Crippen LogP) is 6.57. The molecule has 0 saturated carbocycles. The van der Waals surface area contributed by atoms with Crippen LogP contribution in [0.3, 0.4) is 0 Å². The Morgan fingerprint density at radius 3 is 0.672 bits per heavy atom. The second kappa shape index (κ2) is 21.0. The molecule has 338 valence electrons. The molecule has 0 bridgehead atoms. The van der Waals surface area contributed by atoms with Gasteiger partial charge < -0.3 is 9.80 Å². The molecule has 61 heavy (non-hydrogen) atoms. The Bertz CT molecular complexity index is 1750. The number of quaternary nitrogens is 2. The summed E-state index contributed by atoms with van der Waals surface area (Å²) in [6.07, 6.45) is 0.495. The quantitative estimate of drug-likeness (QED) is 0.104. The maximum absolute atomic E-state index is 14.6. The zero-order valence-corrected chi connectivity index (χ0v) is 41.4. The topological polar surface area (TPSA) is 8.88 Å². The second-order valence-corrected chi connectivity index (χ2v) is 55.5. The fraction of sp³-hybridized carbons (Fsp3) is 0.526. The molecule has 0 aromatic heterocycles. The van der Waals surface area contributed by atoms with Crippen molar-refractivity contribution >= 4 is 75.7 Å². The van der Waals surface area contributed by atoms with E-state index in [1.165, 1.54) is 65.0 Å². The van der Waals surface area contributed by atoms with Crippen LogP contribution in [-0.2, 0) is 0 Å². The minimum Gasteiger partial charge on any atom is -0.330 e. The molecule has 3 aromatic rings. The number of hydrogen-bond acceptors (Lipinski definition) is 0. The molecule has 0 unspecified atom stereocenters. The van der Waals surface area contributed by atoms with Gasteiger partial charge in [0.05, 0.1) is 26.2 Å². The largest absolute Gasteiger partial charge is 2.00 e. The van der Waals surface area contributed by atoms with Gasteiger partial charge in [0.25, 0.3) is 0 Å². The fourth-order valence-electron chi connectivity index (χ4n) is 9.80. The molecule has 2 N–H and O–H groups in total. The minimum absolute atomic E-state index is 0. The Hall–Kier alpha value is -1.77. The normalized spacial score (nSPS) is 15.4. The van der Waals surface area contributed by atoms with Crippen LogP contribution in [0.5, 0.6) is 0 Å². The van der Waals surface area contributed by atoms with Gasteiger partial charge in [0.15, 0.2) is 52.4 Å². The summed E-state index contributed by atoms with van der Waals surface area (Å²) in [6, 6.07) is 0. The molecular weight excluding hydrogens is 917 g/mol. The van der Waals surface area contributed by atoms with Crippen LogP contribution in [-0.4, -0.2) is 98.6 Å². The van der Waals surface area contributed by atoms with E-state index in [4.69, 9.17) is 0 Å². The van der Waals surface area contributed by atoms with Gasteiger partial charge in [-0.3, -0.25) is 7.35 Å². The summed E-state index contributed by atoms with van der Waals surface area (Å²) in [4.78, 5) is 3.74. The van der Waals surface area contributed by atoms with Crippen LogP contribution in [0.4, 0.5) is 65.9 Å². The van der Waals surface area contributed by atoms with Crippen molar-refractivity contribution in [3.8, 4) is 0 Å². The Morgan fingerprint density at radius 1 is 0.361 bits per heavy atom. The number of halogens is 15. The van der Waals surface area contributed by atoms with Crippen LogP contribution < -0.4 is 26.2 Å². The summed E-state index contributed by atoms with van der Waals surface area (Å²) in [5, 5.41) is 0. The van der Waals surface area contributed by atoms with E-state index in [0.717, 1.165) is 0 Å². The Labute approximate surface area is 367 Å². The van der Waals surface area contributed by atoms with E-state index < -0.39 is 133 Å². The standard InChI is InChI=1S/C19H3BF15.C10H20N2.C9H27Si4.Mg/c1-20(2-5(21)11(27)17(33)12(28)6(2)22,3-7(23)13(29)18(34)14(30)8(3)24)4-9(25)15(31)19(35)16(32)10(4)26;1-2-6-11(5-1)9-10-12-7-3-4-8-12;1-11(2,3)10(12(4,5)6)13(7,8)9;/h1H3;1-10H2;1-9H3;/q-1;;-1;+2/p+2. The summed E-state index contributed by atoms with van der Waals surface area (Å²) in [6.45, 7) is 32.0. The van der Waals surface area contributed by atoms with Crippen molar-refractivity contribution in [3.05, 3.63) is 87.3 Å². The van der Waals surface area contributed by atoms with Gasteiger partial charge in [-0.1, -0.05) is 58.9 Å². The van der Waals surface area contributed by atoms with Gasteiger partial charge in [0, 0.05) is 25.7 Å². The van der Waals surface area contributed by atoms with Gasteiger partial charge >= 0.3 is 23.1 Å². The molecule has 2 nitrogen and oxygen atoms in total. The molecule has 0 atom stereocenters.